The highest BCUT2D eigenvalue weighted by molar-refractivity contribution is 5.99. The third kappa shape index (κ3) is 1.56. The van der Waals surface area contributed by atoms with Crippen LogP contribution in [0.3, 0.4) is 0 Å². The molecule has 0 aliphatic heterocycles. The lowest BCUT2D eigenvalue weighted by molar-refractivity contribution is 1.10. The highest BCUT2D eigenvalue weighted by atomic mass is 15.2. The molecule has 0 fully saturated rings. The fraction of sp³-hybridized carbons (Fsp3) is 0.222. The molecular weight excluding hydrogens is 150 g/mol. The molecule has 64 valence electrons. The fourth-order valence-electron chi connectivity index (χ4n) is 1.11. The van der Waals surface area contributed by atoms with E-state index in [4.69, 9.17) is 5.84 Å². The van der Waals surface area contributed by atoms with E-state index in [1.54, 1.807) is 7.05 Å². The van der Waals surface area contributed by atoms with Crippen LogP contribution < -0.4 is 11.2 Å². The van der Waals surface area contributed by atoms with E-state index in [-0.39, 0.29) is 0 Å². The van der Waals surface area contributed by atoms with Crippen LogP contribution >= 0.6 is 0 Å². The van der Waals surface area contributed by atoms with Crippen molar-refractivity contribution in [3.8, 4) is 0 Å². The van der Waals surface area contributed by atoms with Gasteiger partial charge in [0.15, 0.2) is 5.84 Å². The first kappa shape index (κ1) is 8.59. The van der Waals surface area contributed by atoms with Crippen molar-refractivity contribution in [3.05, 3.63) is 35.4 Å². The Kier molecular flexibility index (Phi) is 2.69. The molecule has 3 nitrogen and oxygen atoms in total. The first-order valence-corrected chi connectivity index (χ1v) is 3.81. The Labute approximate surface area is 72.3 Å². The van der Waals surface area contributed by atoms with Gasteiger partial charge >= 0.3 is 0 Å². The zero-order valence-corrected chi connectivity index (χ0v) is 7.33. The van der Waals surface area contributed by atoms with Gasteiger partial charge in [-0.15, -0.1) is 0 Å². The maximum Gasteiger partial charge on any atom is 0.152 e. The van der Waals surface area contributed by atoms with Gasteiger partial charge in [0.2, 0.25) is 0 Å². The normalized spacial score (nSPS) is 11.3. The van der Waals surface area contributed by atoms with E-state index in [2.05, 4.69) is 10.4 Å². The molecule has 12 heavy (non-hydrogen) atoms. The predicted molar refractivity (Wildman–Crippen MR) is 51.0 cm³/mol. The quantitative estimate of drug-likeness (QED) is 0.279. The topological polar surface area (TPSA) is 50.4 Å². The summed E-state index contributed by atoms with van der Waals surface area (Å²) in [4.78, 5) is 0. The standard InChI is InChI=1S/C9H13N3/c1-7-5-3-4-6-8(7)9(11-2)12-10/h3-6H,10H2,1-2H3,(H,11,12). The Balaban J connectivity index is 3.10. The van der Waals surface area contributed by atoms with Crippen LogP contribution in [0.15, 0.2) is 29.4 Å². The van der Waals surface area contributed by atoms with Crippen molar-refractivity contribution in [2.24, 2.45) is 10.9 Å². The molecule has 0 bridgehead atoms. The average molecular weight is 163 g/mol. The Morgan fingerprint density at radius 1 is 1.42 bits per heavy atom. The molecule has 0 aliphatic carbocycles. The minimum atomic E-state index is 0.716. The molecule has 0 aliphatic rings. The van der Waals surface area contributed by atoms with Crippen LogP contribution in [-0.4, -0.2) is 12.9 Å². The smallest absolute Gasteiger partial charge is 0.152 e. The molecule has 0 spiro atoms. The number of aryl methyl sites for hydroxylation is 1. The van der Waals surface area contributed by atoms with Crippen LogP contribution in [-0.2, 0) is 0 Å². The van der Waals surface area contributed by atoms with Crippen LogP contribution in [0.4, 0.5) is 0 Å². The molecule has 3 heteroatoms. The largest absolute Gasteiger partial charge is 0.371 e. The zero-order chi connectivity index (χ0) is 8.97. The van der Waals surface area contributed by atoms with E-state index in [0.717, 1.165) is 11.1 Å². The predicted octanol–water partition coefficient (Wildman–Crippen LogP) is 0.835. The van der Waals surface area contributed by atoms with Crippen molar-refractivity contribution in [2.75, 3.05) is 7.05 Å². The molecule has 0 radical (unpaired) electrons. The lowest BCUT2D eigenvalue weighted by atomic mass is 10.1. The van der Waals surface area contributed by atoms with Gasteiger partial charge in [0.1, 0.15) is 0 Å². The molecule has 0 saturated carbocycles. The van der Waals surface area contributed by atoms with Gasteiger partial charge in [0.25, 0.3) is 0 Å². The second-order valence-corrected chi connectivity index (χ2v) is 2.54. The number of amidine groups is 1. The fourth-order valence-corrected chi connectivity index (χ4v) is 1.11. The van der Waals surface area contributed by atoms with Crippen molar-refractivity contribution in [1.29, 1.82) is 0 Å². The summed E-state index contributed by atoms with van der Waals surface area (Å²) < 4.78 is 0. The summed E-state index contributed by atoms with van der Waals surface area (Å²) in [6.07, 6.45) is 0. The lowest BCUT2D eigenvalue weighted by Crippen LogP contribution is -2.22. The molecule has 0 amide bonds. The second kappa shape index (κ2) is 3.76. The number of benzene rings is 1. The summed E-state index contributed by atoms with van der Waals surface area (Å²) in [6, 6.07) is 7.96. The molecule has 3 N–H and O–H groups in total. The number of rotatable bonds is 1. The summed E-state index contributed by atoms with van der Waals surface area (Å²) >= 11 is 0. The van der Waals surface area contributed by atoms with Gasteiger partial charge in [-0.2, -0.15) is 5.10 Å². The first-order chi connectivity index (χ1) is 5.79. The lowest BCUT2D eigenvalue weighted by Gasteiger charge is -2.06. The summed E-state index contributed by atoms with van der Waals surface area (Å²) in [7, 11) is 1.80. The minimum Gasteiger partial charge on any atom is -0.371 e. The van der Waals surface area contributed by atoms with Gasteiger partial charge in [-0.1, -0.05) is 24.3 Å². The van der Waals surface area contributed by atoms with E-state index in [1.165, 1.54) is 0 Å². The molecule has 1 aromatic rings. The summed E-state index contributed by atoms with van der Waals surface area (Å²) in [5.74, 6) is 5.93. The van der Waals surface area contributed by atoms with Crippen LogP contribution in [0.1, 0.15) is 11.1 Å². The molecule has 0 unspecified atom stereocenters. The van der Waals surface area contributed by atoms with Crippen LogP contribution in [0, 0.1) is 6.92 Å². The summed E-state index contributed by atoms with van der Waals surface area (Å²) in [5, 5.41) is 6.58. The number of hydrazone groups is 1. The van der Waals surface area contributed by atoms with Gasteiger partial charge in [-0.3, -0.25) is 0 Å². The van der Waals surface area contributed by atoms with Crippen LogP contribution in [0.5, 0.6) is 0 Å². The van der Waals surface area contributed by atoms with E-state index in [0.29, 0.717) is 5.84 Å². The Morgan fingerprint density at radius 3 is 2.58 bits per heavy atom. The van der Waals surface area contributed by atoms with E-state index < -0.39 is 0 Å². The highest BCUT2D eigenvalue weighted by Gasteiger charge is 2.02. The average Bonchev–Trinajstić information content (AvgIpc) is 2.10. The molecule has 0 aromatic heterocycles. The molecule has 0 heterocycles. The van der Waals surface area contributed by atoms with Gasteiger partial charge in [-0.25, -0.2) is 0 Å². The van der Waals surface area contributed by atoms with E-state index in [1.807, 2.05) is 31.2 Å². The Bertz CT molecular complexity index is 292. The number of hydrogen-bond acceptors (Lipinski definition) is 2. The SMILES string of the molecule is CN/C(=N\N)c1ccccc1C. The number of nitrogens with two attached hydrogens (primary N) is 1. The molecule has 0 saturated heterocycles. The second-order valence-electron chi connectivity index (χ2n) is 2.54. The van der Waals surface area contributed by atoms with Crippen molar-refractivity contribution in [3.63, 3.8) is 0 Å². The maximum absolute atomic E-state index is 5.21. The Morgan fingerprint density at radius 2 is 2.08 bits per heavy atom. The van der Waals surface area contributed by atoms with Gasteiger partial charge in [0.05, 0.1) is 0 Å². The van der Waals surface area contributed by atoms with Crippen molar-refractivity contribution >= 4 is 5.84 Å². The third-order valence-electron chi connectivity index (χ3n) is 1.77. The first-order valence-electron chi connectivity index (χ1n) is 3.81. The van der Waals surface area contributed by atoms with Crippen LogP contribution in [0.25, 0.3) is 0 Å². The minimum absolute atomic E-state index is 0.716. The number of nitrogens with zero attached hydrogens (tertiary/aromatic N) is 1. The van der Waals surface area contributed by atoms with Crippen molar-refractivity contribution in [1.82, 2.24) is 5.32 Å². The van der Waals surface area contributed by atoms with Gasteiger partial charge in [0, 0.05) is 12.6 Å². The molecule has 1 rings (SSSR count). The van der Waals surface area contributed by atoms with E-state index in [9.17, 15) is 0 Å². The maximum atomic E-state index is 5.21. The molecule has 1 aromatic carbocycles. The third-order valence-corrected chi connectivity index (χ3v) is 1.77. The van der Waals surface area contributed by atoms with Crippen LogP contribution in [0.2, 0.25) is 0 Å². The van der Waals surface area contributed by atoms with E-state index >= 15 is 0 Å². The number of nitrogens with one attached hydrogen (secondary N) is 1. The highest BCUT2D eigenvalue weighted by Crippen LogP contribution is 2.06. The number of hydrogen-bond donors (Lipinski definition) is 2. The van der Waals surface area contributed by atoms with Crippen molar-refractivity contribution < 1.29 is 0 Å². The van der Waals surface area contributed by atoms with Crippen molar-refractivity contribution in [2.45, 2.75) is 6.92 Å². The molecular formula is C9H13N3. The summed E-state index contributed by atoms with van der Waals surface area (Å²) in [6.45, 7) is 2.03. The van der Waals surface area contributed by atoms with Gasteiger partial charge < -0.3 is 11.2 Å². The molecule has 0 atom stereocenters. The zero-order valence-electron chi connectivity index (χ0n) is 7.33. The van der Waals surface area contributed by atoms with Gasteiger partial charge in [-0.05, 0) is 12.5 Å². The Hall–Kier alpha value is -1.51. The summed E-state index contributed by atoms with van der Waals surface area (Å²) in [5.41, 5.74) is 2.21. The monoisotopic (exact) mass is 163 g/mol.